The predicted molar refractivity (Wildman–Crippen MR) is 105 cm³/mol. The molecule has 2 aromatic carbocycles. The number of aromatic hydroxyl groups is 1. The summed E-state index contributed by atoms with van der Waals surface area (Å²) in [6.45, 7) is 2.76. The zero-order valence-electron chi connectivity index (χ0n) is 16.0. The molecule has 0 radical (unpaired) electrons. The number of ether oxygens (including phenoxy) is 2. The van der Waals surface area contributed by atoms with Gasteiger partial charge in [0.25, 0.3) is 0 Å². The number of phenols is 1. The highest BCUT2D eigenvalue weighted by atomic mass is 16.5. The number of carbonyl (C=O) groups is 2. The van der Waals surface area contributed by atoms with Gasteiger partial charge < -0.3 is 19.7 Å². The Morgan fingerprint density at radius 3 is 2.43 bits per heavy atom. The number of aromatic carboxylic acids is 1. The summed E-state index contributed by atoms with van der Waals surface area (Å²) in [5, 5.41) is 19.0. The Morgan fingerprint density at radius 2 is 1.68 bits per heavy atom. The zero-order chi connectivity index (χ0) is 20.4. The van der Waals surface area contributed by atoms with Crippen LogP contribution < -0.4 is 9.47 Å². The highest BCUT2D eigenvalue weighted by Crippen LogP contribution is 2.30. The van der Waals surface area contributed by atoms with Gasteiger partial charge in [-0.2, -0.15) is 0 Å². The zero-order valence-corrected chi connectivity index (χ0v) is 16.0. The van der Waals surface area contributed by atoms with Crippen molar-refractivity contribution in [1.29, 1.82) is 0 Å². The Hall–Kier alpha value is -3.02. The Labute approximate surface area is 164 Å². The van der Waals surface area contributed by atoms with Crippen LogP contribution in [0.4, 0.5) is 0 Å². The van der Waals surface area contributed by atoms with Crippen LogP contribution in [0.25, 0.3) is 0 Å². The molecule has 0 saturated carbocycles. The third-order valence-corrected chi connectivity index (χ3v) is 4.27. The first-order valence-corrected chi connectivity index (χ1v) is 9.53. The molecule has 0 aliphatic rings. The molecule has 0 saturated heterocycles. The lowest BCUT2D eigenvalue weighted by atomic mass is 10.1. The van der Waals surface area contributed by atoms with E-state index in [0.717, 1.165) is 12.8 Å². The minimum absolute atomic E-state index is 0.205. The van der Waals surface area contributed by atoms with Crippen LogP contribution in [-0.4, -0.2) is 28.8 Å². The molecule has 28 heavy (non-hydrogen) atoms. The van der Waals surface area contributed by atoms with E-state index in [2.05, 4.69) is 6.92 Å². The Kier molecular flexibility index (Phi) is 8.34. The van der Waals surface area contributed by atoms with Gasteiger partial charge >= 0.3 is 11.9 Å². The fourth-order valence-electron chi connectivity index (χ4n) is 2.72. The quantitative estimate of drug-likeness (QED) is 0.319. The molecule has 150 valence electrons. The Balaban J connectivity index is 1.92. The first kappa shape index (κ1) is 21.3. The summed E-state index contributed by atoms with van der Waals surface area (Å²) in [6, 6.07) is 10.5. The van der Waals surface area contributed by atoms with Gasteiger partial charge in [-0.05, 0) is 36.8 Å². The van der Waals surface area contributed by atoms with Crippen molar-refractivity contribution in [2.45, 2.75) is 45.4 Å². The molecule has 6 heteroatoms. The van der Waals surface area contributed by atoms with Crippen LogP contribution in [0.15, 0.2) is 42.5 Å². The number of unbranched alkanes of at least 4 members (excludes halogenated alkanes) is 5. The molecule has 0 spiro atoms. The van der Waals surface area contributed by atoms with Gasteiger partial charge in [0.05, 0.1) is 12.2 Å². The van der Waals surface area contributed by atoms with E-state index in [1.54, 1.807) is 24.3 Å². The molecule has 0 aliphatic carbocycles. The van der Waals surface area contributed by atoms with Gasteiger partial charge in [-0.3, -0.25) is 0 Å². The summed E-state index contributed by atoms with van der Waals surface area (Å²) in [6.07, 6.45) is 6.99. The topological polar surface area (TPSA) is 93.1 Å². The first-order chi connectivity index (χ1) is 13.5. The van der Waals surface area contributed by atoms with Gasteiger partial charge in [-0.1, -0.05) is 51.2 Å². The number of carboxylic acid groups (broad SMARTS) is 1. The number of benzene rings is 2. The van der Waals surface area contributed by atoms with E-state index in [9.17, 15) is 14.7 Å². The van der Waals surface area contributed by atoms with Crippen LogP contribution in [0.3, 0.4) is 0 Å². The molecular formula is C22H26O6. The fourth-order valence-corrected chi connectivity index (χ4v) is 2.72. The number of rotatable bonds is 11. The summed E-state index contributed by atoms with van der Waals surface area (Å²) in [7, 11) is 0. The average molecular weight is 386 g/mol. The van der Waals surface area contributed by atoms with Crippen LogP contribution in [0.5, 0.6) is 17.2 Å². The lowest BCUT2D eigenvalue weighted by Gasteiger charge is -2.10. The van der Waals surface area contributed by atoms with E-state index >= 15 is 0 Å². The van der Waals surface area contributed by atoms with E-state index in [0.29, 0.717) is 12.4 Å². The normalized spacial score (nSPS) is 10.5. The van der Waals surface area contributed by atoms with E-state index in [-0.39, 0.29) is 16.9 Å². The summed E-state index contributed by atoms with van der Waals surface area (Å²) in [5.74, 6) is -2.24. The second-order valence-corrected chi connectivity index (χ2v) is 6.49. The minimum atomic E-state index is -1.31. The van der Waals surface area contributed by atoms with Gasteiger partial charge in [0.2, 0.25) is 0 Å². The maximum atomic E-state index is 12.3. The maximum Gasteiger partial charge on any atom is 0.343 e. The molecule has 0 amide bonds. The number of carbonyl (C=O) groups excluding carboxylic acids is 1. The monoisotopic (exact) mass is 386 g/mol. The molecule has 0 aromatic heterocycles. The van der Waals surface area contributed by atoms with E-state index in [1.807, 2.05) is 0 Å². The van der Waals surface area contributed by atoms with Gasteiger partial charge in [0, 0.05) is 0 Å². The van der Waals surface area contributed by atoms with Crippen molar-refractivity contribution in [3.8, 4) is 17.2 Å². The Morgan fingerprint density at radius 1 is 0.964 bits per heavy atom. The molecule has 0 fully saturated rings. The SMILES string of the molecule is CCCCCCCCOc1cccc(C(=O)Oc2cccc(C(=O)O)c2O)c1. The maximum absolute atomic E-state index is 12.3. The van der Waals surface area contributed by atoms with Crippen molar-refractivity contribution in [2.24, 2.45) is 0 Å². The largest absolute Gasteiger partial charge is 0.504 e. The number of esters is 1. The molecule has 0 atom stereocenters. The lowest BCUT2D eigenvalue weighted by molar-refractivity contribution is 0.0680. The predicted octanol–water partition coefficient (Wildman–Crippen LogP) is 5.05. The van der Waals surface area contributed by atoms with Crippen LogP contribution in [0, 0.1) is 0 Å². The van der Waals surface area contributed by atoms with Gasteiger partial charge in [-0.15, -0.1) is 0 Å². The van der Waals surface area contributed by atoms with Crippen molar-refractivity contribution < 1.29 is 29.3 Å². The lowest BCUT2D eigenvalue weighted by Crippen LogP contribution is -2.10. The summed E-state index contributed by atoms with van der Waals surface area (Å²) in [5.41, 5.74) is -0.0816. The van der Waals surface area contributed by atoms with Crippen molar-refractivity contribution >= 4 is 11.9 Å². The average Bonchev–Trinajstić information content (AvgIpc) is 2.69. The van der Waals surface area contributed by atoms with Crippen LogP contribution in [-0.2, 0) is 0 Å². The van der Waals surface area contributed by atoms with Gasteiger partial charge in [0.15, 0.2) is 11.5 Å². The standard InChI is InChI=1S/C22H26O6/c1-2-3-4-5-6-7-14-27-17-11-8-10-16(15-17)22(26)28-19-13-9-12-18(20(19)23)21(24)25/h8-13,15,23H,2-7,14H2,1H3,(H,24,25). The summed E-state index contributed by atoms with van der Waals surface area (Å²) >= 11 is 0. The van der Waals surface area contributed by atoms with Crippen LogP contribution in [0.1, 0.15) is 66.2 Å². The molecule has 2 rings (SSSR count). The van der Waals surface area contributed by atoms with Crippen molar-refractivity contribution in [3.05, 3.63) is 53.6 Å². The molecule has 2 N–H and O–H groups in total. The second kappa shape index (κ2) is 11.0. The fraction of sp³-hybridized carbons (Fsp3) is 0.364. The minimum Gasteiger partial charge on any atom is -0.504 e. The molecule has 0 unspecified atom stereocenters. The van der Waals surface area contributed by atoms with Gasteiger partial charge in [0.1, 0.15) is 11.3 Å². The van der Waals surface area contributed by atoms with Crippen molar-refractivity contribution in [3.63, 3.8) is 0 Å². The molecule has 2 aromatic rings. The molecule has 0 heterocycles. The highest BCUT2D eigenvalue weighted by molar-refractivity contribution is 5.94. The third kappa shape index (κ3) is 6.30. The third-order valence-electron chi connectivity index (χ3n) is 4.27. The van der Waals surface area contributed by atoms with Crippen LogP contribution >= 0.6 is 0 Å². The number of hydrogen-bond donors (Lipinski definition) is 2. The smallest absolute Gasteiger partial charge is 0.343 e. The van der Waals surface area contributed by atoms with Crippen molar-refractivity contribution in [2.75, 3.05) is 6.61 Å². The number of carboxylic acids is 1. The highest BCUT2D eigenvalue weighted by Gasteiger charge is 2.17. The van der Waals surface area contributed by atoms with E-state index in [1.165, 1.54) is 43.9 Å². The summed E-state index contributed by atoms with van der Waals surface area (Å²) in [4.78, 5) is 23.4. The molecular weight excluding hydrogens is 360 g/mol. The molecule has 0 aliphatic heterocycles. The van der Waals surface area contributed by atoms with Gasteiger partial charge in [-0.25, -0.2) is 9.59 Å². The summed E-state index contributed by atoms with van der Waals surface area (Å²) < 4.78 is 10.8. The first-order valence-electron chi connectivity index (χ1n) is 9.53. The van der Waals surface area contributed by atoms with E-state index in [4.69, 9.17) is 14.6 Å². The van der Waals surface area contributed by atoms with Crippen molar-refractivity contribution in [1.82, 2.24) is 0 Å². The second-order valence-electron chi connectivity index (χ2n) is 6.49. The molecule has 6 nitrogen and oxygen atoms in total. The Bertz CT molecular complexity index is 799. The number of para-hydroxylation sites is 1. The van der Waals surface area contributed by atoms with Crippen LogP contribution in [0.2, 0.25) is 0 Å². The molecule has 0 bridgehead atoms. The number of hydrogen-bond acceptors (Lipinski definition) is 5. The van der Waals surface area contributed by atoms with E-state index < -0.39 is 17.7 Å².